The number of hydrogen-bond acceptors (Lipinski definition) is 2. The van der Waals surface area contributed by atoms with Gasteiger partial charge in [0.15, 0.2) is 0 Å². The van der Waals surface area contributed by atoms with Crippen LogP contribution in [0, 0.1) is 5.92 Å². The minimum atomic E-state index is 0.426. The fourth-order valence-corrected chi connectivity index (χ4v) is 1.14. The van der Waals surface area contributed by atoms with Gasteiger partial charge in [-0.15, -0.1) is 0 Å². The Kier molecular flexibility index (Phi) is 4.62. The van der Waals surface area contributed by atoms with E-state index in [-0.39, 0.29) is 0 Å². The zero-order valence-corrected chi connectivity index (χ0v) is 8.21. The summed E-state index contributed by atoms with van der Waals surface area (Å²) < 4.78 is 10.4. The van der Waals surface area contributed by atoms with Gasteiger partial charge < -0.3 is 9.47 Å². The van der Waals surface area contributed by atoms with E-state index in [4.69, 9.17) is 9.47 Å². The molecular formula is C10H20O2. The first-order valence-electron chi connectivity index (χ1n) is 4.98. The third-order valence-corrected chi connectivity index (χ3v) is 2.03. The van der Waals surface area contributed by atoms with Gasteiger partial charge in [0, 0.05) is 6.61 Å². The van der Waals surface area contributed by atoms with Gasteiger partial charge in [0.1, 0.15) is 6.10 Å². The van der Waals surface area contributed by atoms with Crippen LogP contribution in [0.5, 0.6) is 0 Å². The Morgan fingerprint density at radius 3 is 2.75 bits per heavy atom. The first-order valence-corrected chi connectivity index (χ1v) is 4.98. The van der Waals surface area contributed by atoms with E-state index in [1.165, 1.54) is 19.3 Å². The second-order valence-electron chi connectivity index (χ2n) is 3.92. The highest BCUT2D eigenvalue weighted by molar-refractivity contribution is 4.66. The molecule has 2 nitrogen and oxygen atoms in total. The summed E-state index contributed by atoms with van der Waals surface area (Å²) in [4.78, 5) is 0. The highest BCUT2D eigenvalue weighted by Crippen LogP contribution is 2.10. The highest BCUT2D eigenvalue weighted by atomic mass is 16.6. The Labute approximate surface area is 75.2 Å². The molecule has 1 fully saturated rings. The van der Waals surface area contributed by atoms with Crippen molar-refractivity contribution in [1.29, 1.82) is 0 Å². The van der Waals surface area contributed by atoms with E-state index in [0.717, 1.165) is 25.7 Å². The van der Waals surface area contributed by atoms with Crippen molar-refractivity contribution in [3.63, 3.8) is 0 Å². The molecule has 0 saturated carbocycles. The van der Waals surface area contributed by atoms with Crippen molar-refractivity contribution >= 4 is 0 Å². The van der Waals surface area contributed by atoms with E-state index in [0.29, 0.717) is 6.10 Å². The lowest BCUT2D eigenvalue weighted by Gasteiger charge is -2.04. The topological polar surface area (TPSA) is 21.8 Å². The van der Waals surface area contributed by atoms with Crippen molar-refractivity contribution in [2.24, 2.45) is 5.92 Å². The third kappa shape index (κ3) is 5.56. The molecule has 0 bridgehead atoms. The maximum Gasteiger partial charge on any atom is 0.104 e. The molecule has 12 heavy (non-hydrogen) atoms. The predicted octanol–water partition coefficient (Wildman–Crippen LogP) is 2.23. The van der Waals surface area contributed by atoms with Crippen LogP contribution in [-0.4, -0.2) is 25.9 Å². The largest absolute Gasteiger partial charge is 0.379 e. The molecule has 0 amide bonds. The maximum atomic E-state index is 5.41. The van der Waals surface area contributed by atoms with Gasteiger partial charge in [0.2, 0.25) is 0 Å². The van der Waals surface area contributed by atoms with Gasteiger partial charge in [-0.2, -0.15) is 0 Å². The fourth-order valence-electron chi connectivity index (χ4n) is 1.14. The second kappa shape index (κ2) is 5.55. The van der Waals surface area contributed by atoms with Crippen LogP contribution < -0.4 is 0 Å². The molecule has 0 radical (unpaired) electrons. The normalized spacial score (nSPS) is 21.8. The minimum absolute atomic E-state index is 0.426. The van der Waals surface area contributed by atoms with Crippen LogP contribution in [0.2, 0.25) is 0 Å². The molecule has 1 saturated heterocycles. The summed E-state index contributed by atoms with van der Waals surface area (Å²) in [6.45, 7) is 7.15. The van der Waals surface area contributed by atoms with Gasteiger partial charge >= 0.3 is 0 Å². The molecule has 1 aliphatic rings. The molecule has 2 heteroatoms. The average Bonchev–Trinajstić information content (AvgIpc) is 2.79. The monoisotopic (exact) mass is 172 g/mol. The number of epoxide rings is 1. The van der Waals surface area contributed by atoms with E-state index in [1.54, 1.807) is 0 Å². The Hall–Kier alpha value is -0.0800. The summed E-state index contributed by atoms with van der Waals surface area (Å²) in [5.41, 5.74) is 0. The van der Waals surface area contributed by atoms with Crippen LogP contribution >= 0.6 is 0 Å². The minimum Gasteiger partial charge on any atom is -0.379 e. The highest BCUT2D eigenvalue weighted by Gasteiger charge is 2.21. The summed E-state index contributed by atoms with van der Waals surface area (Å²) in [5.74, 6) is 0.830. The molecule has 0 aromatic heterocycles. The quantitative estimate of drug-likeness (QED) is 0.434. The Morgan fingerprint density at radius 2 is 2.17 bits per heavy atom. The number of hydrogen-bond donors (Lipinski definition) is 0. The van der Waals surface area contributed by atoms with E-state index < -0.39 is 0 Å². The number of unbranched alkanes of at least 4 members (excludes halogenated alkanes) is 1. The molecule has 72 valence electrons. The fraction of sp³-hybridized carbons (Fsp3) is 1.00. The molecule has 0 aliphatic carbocycles. The first-order chi connectivity index (χ1) is 5.79. The zero-order valence-electron chi connectivity index (χ0n) is 8.21. The summed E-state index contributed by atoms with van der Waals surface area (Å²) in [5, 5.41) is 0. The molecule has 0 N–H and O–H groups in total. The van der Waals surface area contributed by atoms with Crippen molar-refractivity contribution in [3.8, 4) is 0 Å². The van der Waals surface area contributed by atoms with Gasteiger partial charge in [-0.25, -0.2) is 0 Å². The lowest BCUT2D eigenvalue weighted by molar-refractivity contribution is 0.112. The molecule has 1 unspecified atom stereocenters. The third-order valence-electron chi connectivity index (χ3n) is 2.03. The van der Waals surface area contributed by atoms with Gasteiger partial charge in [-0.05, 0) is 12.3 Å². The molecule has 0 spiro atoms. The van der Waals surface area contributed by atoms with Crippen LogP contribution in [0.1, 0.15) is 33.1 Å². The summed E-state index contributed by atoms with van der Waals surface area (Å²) in [6.07, 6.45) is 4.24. The molecule has 1 aliphatic heterocycles. The van der Waals surface area contributed by atoms with E-state index in [1.807, 2.05) is 0 Å². The Bertz CT molecular complexity index is 102. The summed E-state index contributed by atoms with van der Waals surface area (Å²) in [6, 6.07) is 0. The SMILES string of the molecule is CC(C)CCCCOCC1CO1. The van der Waals surface area contributed by atoms with E-state index >= 15 is 0 Å². The first kappa shape index (κ1) is 10.0. The zero-order chi connectivity index (χ0) is 8.81. The molecule has 0 aromatic rings. The van der Waals surface area contributed by atoms with E-state index in [2.05, 4.69) is 13.8 Å². The maximum absolute atomic E-state index is 5.41. The lowest BCUT2D eigenvalue weighted by Crippen LogP contribution is -2.02. The van der Waals surface area contributed by atoms with Crippen molar-refractivity contribution in [2.45, 2.75) is 39.2 Å². The van der Waals surface area contributed by atoms with Crippen molar-refractivity contribution in [1.82, 2.24) is 0 Å². The molecule has 1 atom stereocenters. The predicted molar refractivity (Wildman–Crippen MR) is 49.2 cm³/mol. The van der Waals surface area contributed by atoms with Crippen LogP contribution in [0.15, 0.2) is 0 Å². The van der Waals surface area contributed by atoms with Gasteiger partial charge in [0.25, 0.3) is 0 Å². The van der Waals surface area contributed by atoms with Crippen molar-refractivity contribution in [2.75, 3.05) is 19.8 Å². The molecule has 1 heterocycles. The van der Waals surface area contributed by atoms with Crippen LogP contribution in [0.25, 0.3) is 0 Å². The van der Waals surface area contributed by atoms with Crippen LogP contribution in [0.3, 0.4) is 0 Å². The van der Waals surface area contributed by atoms with Crippen LogP contribution in [-0.2, 0) is 9.47 Å². The molecule has 1 rings (SSSR count). The summed E-state index contributed by atoms with van der Waals surface area (Å²) in [7, 11) is 0. The van der Waals surface area contributed by atoms with Crippen molar-refractivity contribution < 1.29 is 9.47 Å². The van der Waals surface area contributed by atoms with Gasteiger partial charge in [-0.3, -0.25) is 0 Å². The summed E-state index contributed by atoms with van der Waals surface area (Å²) >= 11 is 0. The lowest BCUT2D eigenvalue weighted by atomic mass is 10.1. The number of rotatable bonds is 7. The molecule has 0 aromatic carbocycles. The Morgan fingerprint density at radius 1 is 1.42 bits per heavy atom. The molecular weight excluding hydrogens is 152 g/mol. The Balaban J connectivity index is 1.70. The van der Waals surface area contributed by atoms with E-state index in [9.17, 15) is 0 Å². The smallest absolute Gasteiger partial charge is 0.104 e. The van der Waals surface area contributed by atoms with Gasteiger partial charge in [-0.1, -0.05) is 26.7 Å². The van der Waals surface area contributed by atoms with Crippen LogP contribution in [0.4, 0.5) is 0 Å². The average molecular weight is 172 g/mol. The second-order valence-corrected chi connectivity index (χ2v) is 3.92. The number of ether oxygens (including phenoxy) is 2. The van der Waals surface area contributed by atoms with Gasteiger partial charge in [0.05, 0.1) is 13.2 Å². The standard InChI is InChI=1S/C10H20O2/c1-9(2)5-3-4-6-11-7-10-8-12-10/h9-10H,3-8H2,1-2H3. The van der Waals surface area contributed by atoms with Crippen molar-refractivity contribution in [3.05, 3.63) is 0 Å².